The van der Waals surface area contributed by atoms with Gasteiger partial charge in [-0.1, -0.05) is 6.07 Å². The normalized spacial score (nSPS) is 11.7. The molecule has 3 rings (SSSR count). The fourth-order valence-electron chi connectivity index (χ4n) is 2.48. The third kappa shape index (κ3) is 6.43. The maximum Gasteiger partial charge on any atom is 0.405 e. The molecule has 164 valence electrons. The number of amides is 1. The van der Waals surface area contributed by atoms with Gasteiger partial charge in [-0.3, -0.25) is 9.52 Å². The van der Waals surface area contributed by atoms with Crippen LogP contribution in [-0.4, -0.2) is 32.0 Å². The van der Waals surface area contributed by atoms with Crippen molar-refractivity contribution < 1.29 is 26.4 Å². The highest BCUT2D eigenvalue weighted by atomic mass is 32.2. The lowest BCUT2D eigenvalue weighted by atomic mass is 10.2. The monoisotopic (exact) mass is 470 g/mol. The largest absolute Gasteiger partial charge is 0.405 e. The van der Waals surface area contributed by atoms with Gasteiger partial charge in [0.1, 0.15) is 6.54 Å². The second-order valence-electron chi connectivity index (χ2n) is 6.43. The molecule has 0 unspecified atom stereocenters. The minimum absolute atomic E-state index is 0.0897. The Morgan fingerprint density at radius 3 is 2.39 bits per heavy atom. The van der Waals surface area contributed by atoms with Gasteiger partial charge in [-0.15, -0.1) is 11.3 Å². The molecule has 0 aliphatic heterocycles. The Balaban J connectivity index is 1.69. The quantitative estimate of drug-likeness (QED) is 0.478. The summed E-state index contributed by atoms with van der Waals surface area (Å²) in [5.74, 6) is -0.953. The Hall–Kier alpha value is -3.12. The number of rotatable bonds is 7. The zero-order valence-electron chi connectivity index (χ0n) is 16.0. The van der Waals surface area contributed by atoms with Crippen LogP contribution in [0.2, 0.25) is 0 Å². The third-order valence-electron chi connectivity index (χ3n) is 3.86. The van der Waals surface area contributed by atoms with Crippen LogP contribution in [0.25, 0.3) is 0 Å². The van der Waals surface area contributed by atoms with Gasteiger partial charge in [-0.2, -0.15) is 13.2 Å². The van der Waals surface area contributed by atoms with Gasteiger partial charge in [0.15, 0.2) is 5.13 Å². The van der Waals surface area contributed by atoms with Crippen LogP contribution < -0.4 is 15.4 Å². The van der Waals surface area contributed by atoms with Crippen molar-refractivity contribution in [2.45, 2.75) is 18.0 Å². The van der Waals surface area contributed by atoms with Gasteiger partial charge in [0.25, 0.3) is 15.9 Å². The number of hydrogen-bond acceptors (Lipinski definition) is 6. The molecule has 0 spiro atoms. The molecule has 7 nitrogen and oxygen atoms in total. The molecule has 0 aliphatic rings. The molecule has 1 aromatic heterocycles. The Kier molecular flexibility index (Phi) is 6.51. The van der Waals surface area contributed by atoms with E-state index in [1.54, 1.807) is 29.6 Å². The summed E-state index contributed by atoms with van der Waals surface area (Å²) in [6.07, 6.45) is -4.54. The predicted octanol–water partition coefficient (Wildman–Crippen LogP) is 4.29. The van der Waals surface area contributed by atoms with E-state index >= 15 is 0 Å². The van der Waals surface area contributed by atoms with Crippen molar-refractivity contribution in [2.75, 3.05) is 16.6 Å². The number of thiazole rings is 1. The molecule has 0 atom stereocenters. The van der Waals surface area contributed by atoms with Gasteiger partial charge in [0.05, 0.1) is 16.3 Å². The molecule has 0 aliphatic carbocycles. The molecule has 1 amide bonds. The van der Waals surface area contributed by atoms with Gasteiger partial charge in [-0.05, 0) is 49.4 Å². The zero-order valence-corrected chi connectivity index (χ0v) is 17.7. The fourth-order valence-corrected chi connectivity index (χ4v) is 4.24. The van der Waals surface area contributed by atoms with E-state index in [-0.39, 0.29) is 10.5 Å². The van der Waals surface area contributed by atoms with E-state index in [0.29, 0.717) is 16.5 Å². The van der Waals surface area contributed by atoms with E-state index in [2.05, 4.69) is 15.0 Å². The van der Waals surface area contributed by atoms with Crippen LogP contribution in [0.4, 0.5) is 29.7 Å². The number of alkyl halides is 3. The van der Waals surface area contributed by atoms with Crippen LogP contribution in [0, 0.1) is 6.92 Å². The molecule has 0 radical (unpaired) electrons. The van der Waals surface area contributed by atoms with Gasteiger partial charge in [0.2, 0.25) is 0 Å². The maximum absolute atomic E-state index is 12.6. The fraction of sp³-hybridized carbons (Fsp3) is 0.158. The van der Waals surface area contributed by atoms with Crippen LogP contribution in [-0.2, 0) is 10.0 Å². The summed E-state index contributed by atoms with van der Waals surface area (Å²) in [5.41, 5.74) is 1.70. The third-order valence-corrected chi connectivity index (χ3v) is 6.13. The lowest BCUT2D eigenvalue weighted by Crippen LogP contribution is -2.33. The lowest BCUT2D eigenvalue weighted by Gasteiger charge is -2.11. The molecule has 2 aromatic carbocycles. The Labute approximate surface area is 180 Å². The number of nitrogens with zero attached hydrogens (tertiary/aromatic N) is 1. The highest BCUT2D eigenvalue weighted by Gasteiger charge is 2.28. The number of sulfonamides is 1. The first-order chi connectivity index (χ1) is 14.5. The molecule has 0 bridgehead atoms. The molecular weight excluding hydrogens is 453 g/mol. The molecule has 31 heavy (non-hydrogen) atoms. The number of hydrogen-bond donors (Lipinski definition) is 3. The second-order valence-corrected chi connectivity index (χ2v) is 8.97. The minimum atomic E-state index is -4.54. The first-order valence-electron chi connectivity index (χ1n) is 8.79. The SMILES string of the molecule is Cc1csc(Nc2cccc(NS(=O)(=O)c3ccc(C(=O)NCC(F)(F)F)cc3)c2)n1. The van der Waals surface area contributed by atoms with Crippen molar-refractivity contribution in [3.8, 4) is 0 Å². The van der Waals surface area contributed by atoms with Crippen molar-refractivity contribution in [3.63, 3.8) is 0 Å². The van der Waals surface area contributed by atoms with Crippen LogP contribution in [0.15, 0.2) is 58.8 Å². The van der Waals surface area contributed by atoms with Crippen molar-refractivity contribution in [1.29, 1.82) is 0 Å². The maximum atomic E-state index is 12.6. The molecule has 3 aromatic rings. The number of anilines is 3. The molecule has 0 saturated heterocycles. The molecule has 3 N–H and O–H groups in total. The van der Waals surface area contributed by atoms with E-state index in [1.807, 2.05) is 12.3 Å². The average Bonchev–Trinajstić information content (AvgIpc) is 3.10. The van der Waals surface area contributed by atoms with Gasteiger partial charge in [-0.25, -0.2) is 13.4 Å². The van der Waals surface area contributed by atoms with Gasteiger partial charge < -0.3 is 10.6 Å². The molecule has 0 fully saturated rings. The Bertz CT molecular complexity index is 1180. The molecule has 0 saturated carbocycles. The number of halogens is 3. The summed E-state index contributed by atoms with van der Waals surface area (Å²) in [6.45, 7) is 0.385. The van der Waals surface area contributed by atoms with Crippen LogP contribution >= 0.6 is 11.3 Å². The molecule has 1 heterocycles. The van der Waals surface area contributed by atoms with Crippen molar-refractivity contribution in [2.24, 2.45) is 0 Å². The van der Waals surface area contributed by atoms with Gasteiger partial charge in [0, 0.05) is 16.6 Å². The topological polar surface area (TPSA) is 100 Å². The zero-order chi connectivity index (χ0) is 22.6. The van der Waals surface area contributed by atoms with Crippen molar-refractivity contribution >= 4 is 43.8 Å². The summed E-state index contributed by atoms with van der Waals surface area (Å²) in [5, 5.41) is 7.35. The van der Waals surface area contributed by atoms with Gasteiger partial charge >= 0.3 is 6.18 Å². The summed E-state index contributed by atoms with van der Waals surface area (Å²) >= 11 is 1.41. The van der Waals surface area contributed by atoms with Crippen molar-refractivity contribution in [1.82, 2.24) is 10.3 Å². The van der Waals surface area contributed by atoms with Crippen LogP contribution in [0.5, 0.6) is 0 Å². The van der Waals surface area contributed by atoms with Crippen LogP contribution in [0.3, 0.4) is 0 Å². The van der Waals surface area contributed by atoms with E-state index in [9.17, 15) is 26.4 Å². The highest BCUT2D eigenvalue weighted by Crippen LogP contribution is 2.24. The van der Waals surface area contributed by atoms with E-state index < -0.39 is 28.7 Å². The first-order valence-corrected chi connectivity index (χ1v) is 11.2. The predicted molar refractivity (Wildman–Crippen MR) is 112 cm³/mol. The van der Waals surface area contributed by atoms with Crippen molar-refractivity contribution in [3.05, 3.63) is 65.2 Å². The number of carbonyl (C=O) groups excluding carboxylic acids is 1. The first kappa shape index (κ1) is 22.6. The highest BCUT2D eigenvalue weighted by molar-refractivity contribution is 7.92. The number of nitrogens with one attached hydrogen (secondary N) is 3. The summed E-state index contributed by atoms with van der Waals surface area (Å²) in [4.78, 5) is 15.9. The summed E-state index contributed by atoms with van der Waals surface area (Å²) in [6, 6.07) is 11.1. The average molecular weight is 470 g/mol. The second kappa shape index (κ2) is 8.94. The van der Waals surface area contributed by atoms with Crippen LogP contribution in [0.1, 0.15) is 16.1 Å². The van der Waals surface area contributed by atoms with E-state index in [1.165, 1.54) is 11.3 Å². The minimum Gasteiger partial charge on any atom is -0.343 e. The number of benzene rings is 2. The molecule has 12 heteroatoms. The number of aromatic nitrogens is 1. The Morgan fingerprint density at radius 1 is 1.10 bits per heavy atom. The van der Waals surface area contributed by atoms with E-state index in [0.717, 1.165) is 30.0 Å². The summed E-state index contributed by atoms with van der Waals surface area (Å²) in [7, 11) is -3.98. The number of aryl methyl sites for hydroxylation is 1. The number of carbonyl (C=O) groups is 1. The Morgan fingerprint density at radius 2 is 1.77 bits per heavy atom. The standard InChI is InChI=1S/C19H17F3N4O3S2/c1-12-10-30-18(24-12)25-14-3-2-4-15(9-14)26-31(28,29)16-7-5-13(6-8-16)17(27)23-11-19(20,21)22/h2-10,26H,11H2,1H3,(H,23,27)(H,24,25). The smallest absolute Gasteiger partial charge is 0.343 e. The summed E-state index contributed by atoms with van der Waals surface area (Å²) < 4.78 is 64.3. The van der Waals surface area contributed by atoms with E-state index in [4.69, 9.17) is 0 Å². The molecular formula is C19H17F3N4O3S2. The lowest BCUT2D eigenvalue weighted by molar-refractivity contribution is -0.123.